The van der Waals surface area contributed by atoms with Gasteiger partial charge in [0, 0.05) is 12.6 Å². The first-order valence-corrected chi connectivity index (χ1v) is 6.53. The first-order chi connectivity index (χ1) is 8.31. The largest absolute Gasteiger partial charge is 0.258 e. The van der Waals surface area contributed by atoms with Crippen LogP contribution in [0.4, 0.5) is 0 Å². The number of benzene rings is 1. The molecule has 0 spiro atoms. The zero-order valence-electron chi connectivity index (χ0n) is 9.66. The predicted molar refractivity (Wildman–Crippen MR) is 69.2 cm³/mol. The molecule has 0 aliphatic carbocycles. The van der Waals surface area contributed by atoms with Crippen LogP contribution in [0.5, 0.6) is 0 Å². The number of imidazole rings is 1. The first kappa shape index (κ1) is 10.4. The molecule has 17 heavy (non-hydrogen) atoms. The van der Waals surface area contributed by atoms with Crippen molar-refractivity contribution in [2.24, 2.45) is 7.05 Å². The Labute approximate surface area is 103 Å². The normalized spacial score (nSPS) is 11.2. The number of hydrogen-bond donors (Lipinski definition) is 0. The Morgan fingerprint density at radius 3 is 2.65 bits per heavy atom. The van der Waals surface area contributed by atoms with Crippen molar-refractivity contribution in [2.75, 3.05) is 6.26 Å². The topological polar surface area (TPSA) is 35.1 Å². The minimum Gasteiger partial charge on any atom is -0.258 e. The molecule has 0 N–H and O–H groups in total. The summed E-state index contributed by atoms with van der Waals surface area (Å²) in [6.07, 6.45) is 3.88. The maximum atomic E-state index is 4.45. The Bertz CT molecular complexity index is 654. The molecule has 3 rings (SSSR count). The van der Waals surface area contributed by atoms with Crippen LogP contribution in [0.2, 0.25) is 0 Å². The van der Waals surface area contributed by atoms with E-state index < -0.39 is 0 Å². The van der Waals surface area contributed by atoms with Gasteiger partial charge in [-0.15, -0.1) is 0 Å². The van der Waals surface area contributed by atoms with Gasteiger partial charge in [0.25, 0.3) is 5.78 Å². The molecule has 86 valence electrons. The van der Waals surface area contributed by atoms with Crippen LogP contribution in [-0.4, -0.2) is 25.4 Å². The highest BCUT2D eigenvalue weighted by Gasteiger charge is 2.12. The molecule has 0 aliphatic rings. The highest BCUT2D eigenvalue weighted by Crippen LogP contribution is 2.22. The second-order valence-corrected chi connectivity index (χ2v) is 4.52. The molecule has 0 radical (unpaired) electrons. The molecule has 0 saturated heterocycles. The SMILES string of the molecule is CSc1nc2ncc(-c3ccccc3)n2n1C. The first-order valence-electron chi connectivity index (χ1n) is 5.31. The minimum atomic E-state index is 0.746. The summed E-state index contributed by atoms with van der Waals surface area (Å²) in [6, 6.07) is 10.2. The van der Waals surface area contributed by atoms with Crippen LogP contribution in [-0.2, 0) is 7.05 Å². The molecule has 0 unspecified atom stereocenters. The van der Waals surface area contributed by atoms with E-state index in [2.05, 4.69) is 22.1 Å². The average Bonchev–Trinajstić information content (AvgIpc) is 2.91. The van der Waals surface area contributed by atoms with Gasteiger partial charge in [-0.05, 0) is 6.26 Å². The van der Waals surface area contributed by atoms with Crippen molar-refractivity contribution in [2.45, 2.75) is 5.16 Å². The van der Waals surface area contributed by atoms with E-state index in [1.807, 2.05) is 46.9 Å². The van der Waals surface area contributed by atoms with E-state index in [0.717, 1.165) is 22.2 Å². The Balaban J connectivity index is 2.27. The summed E-state index contributed by atoms with van der Waals surface area (Å²) in [7, 11) is 2.00. The number of hydrogen-bond acceptors (Lipinski definition) is 3. The van der Waals surface area contributed by atoms with Crippen LogP contribution in [0, 0.1) is 0 Å². The fourth-order valence-electron chi connectivity index (χ4n) is 1.93. The van der Waals surface area contributed by atoms with Gasteiger partial charge in [-0.2, -0.15) is 4.98 Å². The summed E-state index contributed by atoms with van der Waals surface area (Å²) in [6.45, 7) is 0. The van der Waals surface area contributed by atoms with Gasteiger partial charge in [0.15, 0.2) is 5.16 Å². The molecular weight excluding hydrogens is 232 g/mol. The summed E-state index contributed by atoms with van der Waals surface area (Å²) in [5.74, 6) is 0.746. The number of thioether (sulfide) groups is 1. The average molecular weight is 244 g/mol. The third-order valence-corrected chi connectivity index (χ3v) is 3.47. The van der Waals surface area contributed by atoms with Gasteiger partial charge in [0.2, 0.25) is 0 Å². The van der Waals surface area contributed by atoms with Gasteiger partial charge < -0.3 is 0 Å². The van der Waals surface area contributed by atoms with Gasteiger partial charge in [-0.25, -0.2) is 9.50 Å². The highest BCUT2D eigenvalue weighted by molar-refractivity contribution is 7.98. The molecular formula is C12H12N4S. The quantitative estimate of drug-likeness (QED) is 0.649. The van der Waals surface area contributed by atoms with Gasteiger partial charge in [-0.1, -0.05) is 42.1 Å². The molecule has 2 aromatic heterocycles. The summed E-state index contributed by atoms with van der Waals surface area (Å²) >= 11 is 1.62. The number of rotatable bonds is 2. The molecule has 5 heteroatoms. The maximum absolute atomic E-state index is 4.45. The molecule has 0 fully saturated rings. The van der Waals surface area contributed by atoms with Gasteiger partial charge >= 0.3 is 0 Å². The second kappa shape index (κ2) is 3.92. The summed E-state index contributed by atoms with van der Waals surface area (Å²) in [5, 5.41) is 0.963. The summed E-state index contributed by atoms with van der Waals surface area (Å²) in [5.41, 5.74) is 2.21. The maximum Gasteiger partial charge on any atom is 0.252 e. The van der Waals surface area contributed by atoms with Crippen LogP contribution >= 0.6 is 11.8 Å². The van der Waals surface area contributed by atoms with E-state index in [1.54, 1.807) is 11.8 Å². The lowest BCUT2D eigenvalue weighted by molar-refractivity contribution is 0.642. The van der Waals surface area contributed by atoms with Crippen molar-refractivity contribution in [1.82, 2.24) is 19.2 Å². The van der Waals surface area contributed by atoms with Crippen LogP contribution in [0.3, 0.4) is 0 Å². The van der Waals surface area contributed by atoms with Crippen molar-refractivity contribution in [3.8, 4) is 11.3 Å². The Kier molecular flexibility index (Phi) is 2.40. The van der Waals surface area contributed by atoms with Crippen molar-refractivity contribution in [1.29, 1.82) is 0 Å². The summed E-state index contributed by atoms with van der Waals surface area (Å²) < 4.78 is 4.05. The van der Waals surface area contributed by atoms with Crippen molar-refractivity contribution >= 4 is 17.5 Å². The van der Waals surface area contributed by atoms with Crippen molar-refractivity contribution in [3.05, 3.63) is 36.5 Å². The lowest BCUT2D eigenvalue weighted by Gasteiger charge is -2.03. The van der Waals surface area contributed by atoms with Gasteiger partial charge in [0.1, 0.15) is 0 Å². The Hall–Kier alpha value is -1.75. The Morgan fingerprint density at radius 1 is 1.18 bits per heavy atom. The molecule has 0 saturated carbocycles. The number of aryl methyl sites for hydroxylation is 1. The van der Waals surface area contributed by atoms with E-state index in [1.165, 1.54) is 0 Å². The number of fused-ring (bicyclic) bond motifs is 1. The molecule has 1 aromatic carbocycles. The van der Waals surface area contributed by atoms with E-state index in [-0.39, 0.29) is 0 Å². The van der Waals surface area contributed by atoms with E-state index >= 15 is 0 Å². The highest BCUT2D eigenvalue weighted by atomic mass is 32.2. The van der Waals surface area contributed by atoms with Crippen LogP contribution in [0.25, 0.3) is 17.0 Å². The monoisotopic (exact) mass is 244 g/mol. The minimum absolute atomic E-state index is 0.746. The predicted octanol–water partition coefficient (Wildman–Crippen LogP) is 2.46. The molecule has 2 heterocycles. The molecule has 0 amide bonds. The molecule has 0 atom stereocenters. The number of nitrogens with zero attached hydrogens (tertiary/aromatic N) is 4. The van der Waals surface area contributed by atoms with E-state index in [0.29, 0.717) is 0 Å². The smallest absolute Gasteiger partial charge is 0.252 e. The standard InChI is InChI=1S/C12H12N4S/c1-15-12(17-2)14-11-13-8-10(16(11)15)9-6-4-3-5-7-9/h3-8H,1-2H3. The second-order valence-electron chi connectivity index (χ2n) is 3.74. The van der Waals surface area contributed by atoms with Gasteiger partial charge in [0.05, 0.1) is 11.9 Å². The molecule has 4 nitrogen and oxygen atoms in total. The number of aromatic nitrogens is 4. The van der Waals surface area contributed by atoms with Gasteiger partial charge in [-0.3, -0.25) is 4.68 Å². The third-order valence-electron chi connectivity index (χ3n) is 2.74. The zero-order chi connectivity index (χ0) is 11.8. The third kappa shape index (κ3) is 1.54. The van der Waals surface area contributed by atoms with Crippen LogP contribution in [0.15, 0.2) is 41.7 Å². The zero-order valence-corrected chi connectivity index (χ0v) is 10.5. The fourth-order valence-corrected chi connectivity index (χ4v) is 2.45. The lowest BCUT2D eigenvalue weighted by atomic mass is 10.2. The lowest BCUT2D eigenvalue weighted by Crippen LogP contribution is -2.01. The van der Waals surface area contributed by atoms with E-state index in [9.17, 15) is 0 Å². The molecule has 0 aliphatic heterocycles. The fraction of sp³-hybridized carbons (Fsp3) is 0.167. The van der Waals surface area contributed by atoms with E-state index in [4.69, 9.17) is 0 Å². The Morgan fingerprint density at radius 2 is 1.94 bits per heavy atom. The molecule has 0 bridgehead atoms. The molecule has 3 aromatic rings. The van der Waals surface area contributed by atoms with Crippen LogP contribution < -0.4 is 0 Å². The van der Waals surface area contributed by atoms with Crippen molar-refractivity contribution in [3.63, 3.8) is 0 Å². The van der Waals surface area contributed by atoms with Crippen molar-refractivity contribution < 1.29 is 0 Å². The van der Waals surface area contributed by atoms with Crippen LogP contribution in [0.1, 0.15) is 0 Å². The summed E-state index contributed by atoms with van der Waals surface area (Å²) in [4.78, 5) is 8.80.